The fraction of sp³-hybridized carbons (Fsp3) is 0.882. The standard InChI is InChI=1S/C76H142O6/c1-4-7-10-13-16-19-22-25-28-31-33-34-35-36-37-38-39-40-41-42-43-46-48-51-54-57-60-63-66-69-75(78)81-72-73(71-80-74(77)68-65-62-59-56-53-50-47-44-30-27-24-21-18-15-12-9-6-3)82-76(79)70-67-64-61-58-55-52-49-45-32-29-26-23-20-17-14-11-8-5-2/h20,23,27,29-30,32,73H,4-19,21-22,24-26,28,31,33-72H2,1-3H3/b23-20-,30-27-,32-29-. The molecule has 0 amide bonds. The van der Waals surface area contributed by atoms with E-state index in [0.29, 0.717) is 19.3 Å². The molecule has 0 spiro atoms. The van der Waals surface area contributed by atoms with Gasteiger partial charge >= 0.3 is 17.9 Å². The SMILES string of the molecule is CCCCCC/C=C\C/C=C\CCCCCCCCCC(=O)OC(COC(=O)CCCCCCCCC/C=C\CCCCCCCC)COC(=O)CCCCCCCCCCCCCCCCCCCCCCCCCCCCCCC. The van der Waals surface area contributed by atoms with Gasteiger partial charge in [0.25, 0.3) is 0 Å². The van der Waals surface area contributed by atoms with Crippen molar-refractivity contribution in [3.63, 3.8) is 0 Å². The first-order valence-corrected chi connectivity index (χ1v) is 37.0. The molecule has 6 nitrogen and oxygen atoms in total. The van der Waals surface area contributed by atoms with Crippen LogP contribution in [-0.2, 0) is 28.6 Å². The largest absolute Gasteiger partial charge is 0.462 e. The molecule has 1 unspecified atom stereocenters. The maximum Gasteiger partial charge on any atom is 0.306 e. The van der Waals surface area contributed by atoms with E-state index in [4.69, 9.17) is 14.2 Å². The minimum atomic E-state index is -0.778. The average Bonchev–Trinajstić information content (AvgIpc) is 3.47. The van der Waals surface area contributed by atoms with Crippen LogP contribution in [-0.4, -0.2) is 37.2 Å². The molecule has 82 heavy (non-hydrogen) atoms. The van der Waals surface area contributed by atoms with Crippen molar-refractivity contribution in [2.24, 2.45) is 0 Å². The molecule has 0 fully saturated rings. The van der Waals surface area contributed by atoms with Gasteiger partial charge < -0.3 is 14.2 Å². The van der Waals surface area contributed by atoms with Crippen LogP contribution in [0.4, 0.5) is 0 Å². The second-order valence-electron chi connectivity index (χ2n) is 25.2. The van der Waals surface area contributed by atoms with Crippen molar-refractivity contribution in [2.75, 3.05) is 13.2 Å². The molecule has 0 radical (unpaired) electrons. The summed E-state index contributed by atoms with van der Waals surface area (Å²) in [4.78, 5) is 38.5. The third-order valence-electron chi connectivity index (χ3n) is 16.9. The molecule has 0 aliphatic carbocycles. The Bertz CT molecular complexity index is 1370. The zero-order valence-electron chi connectivity index (χ0n) is 55.5. The summed E-state index contributed by atoms with van der Waals surface area (Å²) in [6.07, 6.45) is 89.0. The lowest BCUT2D eigenvalue weighted by Crippen LogP contribution is -2.30. The van der Waals surface area contributed by atoms with Crippen LogP contribution in [0, 0.1) is 0 Å². The van der Waals surface area contributed by atoms with E-state index in [-0.39, 0.29) is 31.1 Å². The molecule has 0 saturated carbocycles. The van der Waals surface area contributed by atoms with Gasteiger partial charge in [0.1, 0.15) is 13.2 Å². The zero-order valence-corrected chi connectivity index (χ0v) is 55.5. The Labute approximate surface area is 512 Å². The Hall–Kier alpha value is -2.37. The van der Waals surface area contributed by atoms with Crippen molar-refractivity contribution >= 4 is 17.9 Å². The number of esters is 3. The number of hydrogen-bond donors (Lipinski definition) is 0. The number of unbranched alkanes of at least 4 members (excludes halogenated alkanes) is 52. The Morgan fingerprint density at radius 3 is 0.695 bits per heavy atom. The van der Waals surface area contributed by atoms with Crippen LogP contribution in [0.5, 0.6) is 0 Å². The van der Waals surface area contributed by atoms with Crippen molar-refractivity contribution in [1.82, 2.24) is 0 Å². The van der Waals surface area contributed by atoms with Crippen LogP contribution in [0.1, 0.15) is 412 Å². The highest BCUT2D eigenvalue weighted by Crippen LogP contribution is 2.19. The summed E-state index contributed by atoms with van der Waals surface area (Å²) in [5.74, 6) is -0.854. The van der Waals surface area contributed by atoms with Crippen molar-refractivity contribution in [1.29, 1.82) is 0 Å². The monoisotopic (exact) mass is 1150 g/mol. The van der Waals surface area contributed by atoms with Crippen molar-refractivity contribution in [2.45, 2.75) is 419 Å². The van der Waals surface area contributed by atoms with Gasteiger partial charge in [-0.15, -0.1) is 0 Å². The topological polar surface area (TPSA) is 78.9 Å². The summed E-state index contributed by atoms with van der Waals surface area (Å²) in [5.41, 5.74) is 0. The molecule has 0 aromatic carbocycles. The van der Waals surface area contributed by atoms with Crippen molar-refractivity contribution in [3.8, 4) is 0 Å². The maximum absolute atomic E-state index is 13.0. The lowest BCUT2D eigenvalue weighted by atomic mass is 10.0. The van der Waals surface area contributed by atoms with Crippen LogP contribution < -0.4 is 0 Å². The second kappa shape index (κ2) is 71.1. The lowest BCUT2D eigenvalue weighted by Gasteiger charge is -2.18. The molecule has 0 aromatic heterocycles. The predicted molar refractivity (Wildman–Crippen MR) is 358 cm³/mol. The number of carbonyl (C=O) groups is 3. The van der Waals surface area contributed by atoms with E-state index >= 15 is 0 Å². The molecule has 0 rings (SSSR count). The lowest BCUT2D eigenvalue weighted by molar-refractivity contribution is -0.167. The molecular weight excluding hydrogens is 1010 g/mol. The van der Waals surface area contributed by atoms with E-state index < -0.39 is 6.10 Å². The molecule has 0 heterocycles. The Morgan fingerprint density at radius 2 is 0.439 bits per heavy atom. The van der Waals surface area contributed by atoms with E-state index in [2.05, 4.69) is 57.2 Å². The van der Waals surface area contributed by atoms with Crippen LogP contribution in [0.2, 0.25) is 0 Å². The number of allylic oxidation sites excluding steroid dienone is 6. The van der Waals surface area contributed by atoms with Crippen LogP contribution in [0.25, 0.3) is 0 Å². The van der Waals surface area contributed by atoms with Gasteiger partial charge in [0.2, 0.25) is 0 Å². The summed E-state index contributed by atoms with van der Waals surface area (Å²) < 4.78 is 17.0. The molecule has 0 aliphatic heterocycles. The maximum atomic E-state index is 13.0. The van der Waals surface area contributed by atoms with Crippen molar-refractivity contribution in [3.05, 3.63) is 36.5 Å². The molecule has 0 aliphatic rings. The first-order valence-electron chi connectivity index (χ1n) is 37.0. The van der Waals surface area contributed by atoms with E-state index in [9.17, 15) is 14.4 Å². The van der Waals surface area contributed by atoms with E-state index in [0.717, 1.165) is 70.6 Å². The third kappa shape index (κ3) is 68.4. The fourth-order valence-electron chi connectivity index (χ4n) is 11.3. The average molecular weight is 1150 g/mol. The van der Waals surface area contributed by atoms with Gasteiger partial charge in [-0.3, -0.25) is 14.4 Å². The minimum absolute atomic E-state index is 0.0721. The summed E-state index contributed by atoms with van der Waals surface area (Å²) >= 11 is 0. The quantitative estimate of drug-likeness (QED) is 0.0261. The first-order chi connectivity index (χ1) is 40.5. The number of ether oxygens (including phenoxy) is 3. The molecule has 0 aromatic rings. The summed E-state index contributed by atoms with van der Waals surface area (Å²) in [5, 5.41) is 0. The van der Waals surface area contributed by atoms with E-state index in [1.807, 2.05) is 0 Å². The number of carbonyl (C=O) groups excluding carboxylic acids is 3. The van der Waals surface area contributed by atoms with E-state index in [1.165, 1.54) is 302 Å². The molecule has 1 atom stereocenters. The molecule has 6 heteroatoms. The minimum Gasteiger partial charge on any atom is -0.462 e. The highest BCUT2D eigenvalue weighted by molar-refractivity contribution is 5.71. The Balaban J connectivity index is 4.22. The van der Waals surface area contributed by atoms with E-state index in [1.54, 1.807) is 0 Å². The summed E-state index contributed by atoms with van der Waals surface area (Å²) in [6, 6.07) is 0. The van der Waals surface area contributed by atoms with Gasteiger partial charge in [-0.1, -0.05) is 353 Å². The van der Waals surface area contributed by atoms with Gasteiger partial charge in [-0.25, -0.2) is 0 Å². The highest BCUT2D eigenvalue weighted by Gasteiger charge is 2.19. The molecule has 0 bridgehead atoms. The first kappa shape index (κ1) is 79.6. The van der Waals surface area contributed by atoms with Gasteiger partial charge in [-0.2, -0.15) is 0 Å². The summed E-state index contributed by atoms with van der Waals surface area (Å²) in [6.45, 7) is 6.69. The summed E-state index contributed by atoms with van der Waals surface area (Å²) in [7, 11) is 0. The van der Waals surface area contributed by atoms with Gasteiger partial charge in [0.05, 0.1) is 0 Å². The molecule has 0 N–H and O–H groups in total. The van der Waals surface area contributed by atoms with Crippen LogP contribution in [0.3, 0.4) is 0 Å². The molecule has 482 valence electrons. The third-order valence-corrected chi connectivity index (χ3v) is 16.9. The normalized spacial score (nSPS) is 12.2. The van der Waals surface area contributed by atoms with Crippen molar-refractivity contribution < 1.29 is 28.6 Å². The van der Waals surface area contributed by atoms with Gasteiger partial charge in [0.15, 0.2) is 6.10 Å². The fourth-order valence-corrected chi connectivity index (χ4v) is 11.3. The predicted octanol–water partition coefficient (Wildman–Crippen LogP) is 25.5. The number of hydrogen-bond acceptors (Lipinski definition) is 6. The van der Waals surface area contributed by atoms with Crippen LogP contribution in [0.15, 0.2) is 36.5 Å². The number of rotatable bonds is 69. The Kier molecular flexibility index (Phi) is 69.1. The van der Waals surface area contributed by atoms with Gasteiger partial charge in [-0.05, 0) is 77.0 Å². The zero-order chi connectivity index (χ0) is 59.2. The molecular formula is C76H142O6. The van der Waals surface area contributed by atoms with Gasteiger partial charge in [0, 0.05) is 19.3 Å². The Morgan fingerprint density at radius 1 is 0.244 bits per heavy atom. The van der Waals surface area contributed by atoms with Crippen LogP contribution >= 0.6 is 0 Å². The molecule has 0 saturated heterocycles. The smallest absolute Gasteiger partial charge is 0.306 e. The second-order valence-corrected chi connectivity index (χ2v) is 25.2. The highest BCUT2D eigenvalue weighted by atomic mass is 16.6.